The smallest absolute Gasteiger partial charge is 0.263 e. The second-order valence-corrected chi connectivity index (χ2v) is 9.35. The molecule has 1 fully saturated rings. The molecule has 8 nitrogen and oxygen atoms in total. The lowest BCUT2D eigenvalue weighted by Gasteiger charge is -2.13. The first-order valence-corrected chi connectivity index (χ1v) is 11.1. The fourth-order valence-corrected chi connectivity index (χ4v) is 5.19. The number of aromatic nitrogens is 1. The molecule has 1 aromatic carbocycles. The van der Waals surface area contributed by atoms with E-state index in [2.05, 4.69) is 10.6 Å². The summed E-state index contributed by atoms with van der Waals surface area (Å²) in [7, 11) is -1.61. The van der Waals surface area contributed by atoms with E-state index in [1.165, 1.54) is 23.9 Å². The van der Waals surface area contributed by atoms with Crippen LogP contribution in [0, 0.1) is 5.92 Å². The van der Waals surface area contributed by atoms with Crippen LogP contribution in [0.25, 0.3) is 0 Å². The number of benzene rings is 1. The van der Waals surface area contributed by atoms with Gasteiger partial charge in [-0.3, -0.25) is 14.4 Å². The summed E-state index contributed by atoms with van der Waals surface area (Å²) in [6, 6.07) is 10.5. The van der Waals surface area contributed by atoms with Crippen LogP contribution >= 0.6 is 0 Å². The lowest BCUT2D eigenvalue weighted by atomic mass is 10.1. The number of hydrogen-bond acceptors (Lipinski definition) is 5. The SMILES string of the molecule is CNC(=O)c1cc(C(=O)NCC2CCS(=O)(=O)C2)cn(Cc2ccccc2)c1=O. The molecule has 1 saturated heterocycles. The van der Waals surface area contributed by atoms with Crippen molar-refractivity contribution < 1.29 is 18.0 Å². The van der Waals surface area contributed by atoms with E-state index < -0.39 is 27.2 Å². The highest BCUT2D eigenvalue weighted by molar-refractivity contribution is 7.91. The highest BCUT2D eigenvalue weighted by Gasteiger charge is 2.28. The molecule has 1 aromatic heterocycles. The van der Waals surface area contributed by atoms with Gasteiger partial charge in [-0.1, -0.05) is 30.3 Å². The number of sulfone groups is 1. The van der Waals surface area contributed by atoms with Gasteiger partial charge in [0, 0.05) is 19.8 Å². The van der Waals surface area contributed by atoms with Gasteiger partial charge in [-0.15, -0.1) is 0 Å². The summed E-state index contributed by atoms with van der Waals surface area (Å²) in [4.78, 5) is 37.5. The minimum atomic E-state index is -3.03. The van der Waals surface area contributed by atoms with Crippen LogP contribution in [-0.4, -0.2) is 49.9 Å². The van der Waals surface area contributed by atoms with Crippen molar-refractivity contribution in [2.45, 2.75) is 13.0 Å². The maximum atomic E-state index is 12.7. The number of carbonyl (C=O) groups excluding carboxylic acids is 2. The maximum Gasteiger partial charge on any atom is 0.263 e. The van der Waals surface area contributed by atoms with Crippen LogP contribution in [0.4, 0.5) is 0 Å². The number of nitrogens with zero attached hydrogens (tertiary/aromatic N) is 1. The summed E-state index contributed by atoms with van der Waals surface area (Å²) in [5.74, 6) is -0.965. The average molecular weight is 417 g/mol. The van der Waals surface area contributed by atoms with Crippen molar-refractivity contribution in [3.63, 3.8) is 0 Å². The topological polar surface area (TPSA) is 114 Å². The number of pyridine rings is 1. The largest absolute Gasteiger partial charge is 0.355 e. The molecule has 2 heterocycles. The summed E-state index contributed by atoms with van der Waals surface area (Å²) in [5, 5.41) is 5.14. The van der Waals surface area contributed by atoms with E-state index in [4.69, 9.17) is 0 Å². The van der Waals surface area contributed by atoms with Crippen LogP contribution < -0.4 is 16.2 Å². The summed E-state index contributed by atoms with van der Waals surface area (Å²) in [5.41, 5.74) is 0.400. The highest BCUT2D eigenvalue weighted by atomic mass is 32.2. The molecule has 3 rings (SSSR count). The van der Waals surface area contributed by atoms with Gasteiger partial charge in [-0.05, 0) is 24.0 Å². The van der Waals surface area contributed by atoms with Crippen LogP contribution in [0.5, 0.6) is 0 Å². The zero-order valence-electron chi connectivity index (χ0n) is 16.1. The third kappa shape index (κ3) is 5.11. The normalized spacial score (nSPS) is 17.6. The van der Waals surface area contributed by atoms with Gasteiger partial charge in [0.05, 0.1) is 23.6 Å². The average Bonchev–Trinajstić information content (AvgIpc) is 3.06. The molecule has 0 aliphatic carbocycles. The highest BCUT2D eigenvalue weighted by Crippen LogP contribution is 2.17. The van der Waals surface area contributed by atoms with Crippen molar-refractivity contribution >= 4 is 21.7 Å². The number of carbonyl (C=O) groups is 2. The molecule has 9 heteroatoms. The van der Waals surface area contributed by atoms with Crippen LogP contribution in [0.1, 0.15) is 32.7 Å². The number of rotatable bonds is 6. The van der Waals surface area contributed by atoms with Gasteiger partial charge < -0.3 is 15.2 Å². The van der Waals surface area contributed by atoms with E-state index in [-0.39, 0.29) is 41.6 Å². The first-order valence-electron chi connectivity index (χ1n) is 9.28. The molecule has 1 aliphatic rings. The molecule has 1 unspecified atom stereocenters. The van der Waals surface area contributed by atoms with Crippen LogP contribution in [0.2, 0.25) is 0 Å². The fraction of sp³-hybridized carbons (Fsp3) is 0.350. The fourth-order valence-electron chi connectivity index (χ4n) is 3.33. The van der Waals surface area contributed by atoms with E-state index in [1.807, 2.05) is 30.3 Å². The van der Waals surface area contributed by atoms with Gasteiger partial charge in [-0.2, -0.15) is 0 Å². The molecule has 1 aliphatic heterocycles. The molecule has 2 aromatic rings. The van der Waals surface area contributed by atoms with Gasteiger partial charge in [-0.25, -0.2) is 8.42 Å². The Hall–Kier alpha value is -2.94. The van der Waals surface area contributed by atoms with E-state index in [0.29, 0.717) is 6.42 Å². The maximum absolute atomic E-state index is 12.7. The van der Waals surface area contributed by atoms with Crippen LogP contribution in [-0.2, 0) is 16.4 Å². The number of hydrogen-bond donors (Lipinski definition) is 2. The van der Waals surface area contributed by atoms with Crippen molar-refractivity contribution in [2.24, 2.45) is 5.92 Å². The molecule has 2 amide bonds. The van der Waals surface area contributed by atoms with Crippen molar-refractivity contribution in [2.75, 3.05) is 25.1 Å². The van der Waals surface area contributed by atoms with Crippen LogP contribution in [0.15, 0.2) is 47.4 Å². The van der Waals surface area contributed by atoms with Gasteiger partial charge in [0.1, 0.15) is 5.56 Å². The van der Waals surface area contributed by atoms with Gasteiger partial charge in [0.25, 0.3) is 17.4 Å². The van der Waals surface area contributed by atoms with E-state index in [1.54, 1.807) is 0 Å². The third-order valence-electron chi connectivity index (χ3n) is 4.89. The van der Waals surface area contributed by atoms with E-state index in [0.717, 1.165) is 5.56 Å². The molecule has 0 radical (unpaired) electrons. The Kier molecular flexibility index (Phi) is 6.17. The molecule has 2 N–H and O–H groups in total. The lowest BCUT2D eigenvalue weighted by Crippen LogP contribution is -2.35. The van der Waals surface area contributed by atoms with Crippen molar-refractivity contribution in [3.8, 4) is 0 Å². The lowest BCUT2D eigenvalue weighted by molar-refractivity contribution is 0.0947. The Morgan fingerprint density at radius 1 is 1.17 bits per heavy atom. The van der Waals surface area contributed by atoms with Gasteiger partial charge in [0.2, 0.25) is 0 Å². The molecule has 1 atom stereocenters. The Morgan fingerprint density at radius 3 is 2.52 bits per heavy atom. The Bertz CT molecular complexity index is 1080. The molecule has 0 bridgehead atoms. The Labute approximate surface area is 168 Å². The molecule has 29 heavy (non-hydrogen) atoms. The zero-order valence-corrected chi connectivity index (χ0v) is 16.9. The summed E-state index contributed by atoms with van der Waals surface area (Å²) < 4.78 is 24.5. The quantitative estimate of drug-likeness (QED) is 0.707. The van der Waals surface area contributed by atoms with E-state index >= 15 is 0 Å². The predicted octanol–water partition coefficient (Wildman–Crippen LogP) is 0.421. The molecular weight excluding hydrogens is 394 g/mol. The van der Waals surface area contributed by atoms with E-state index in [9.17, 15) is 22.8 Å². The predicted molar refractivity (Wildman–Crippen MR) is 109 cm³/mol. The Morgan fingerprint density at radius 2 is 1.90 bits per heavy atom. The molecule has 0 saturated carbocycles. The summed E-state index contributed by atoms with van der Waals surface area (Å²) >= 11 is 0. The van der Waals surface area contributed by atoms with Crippen LogP contribution in [0.3, 0.4) is 0 Å². The van der Waals surface area contributed by atoms with Crippen molar-refractivity contribution in [3.05, 3.63) is 69.6 Å². The second kappa shape index (κ2) is 8.60. The standard InChI is InChI=1S/C20H23N3O5S/c1-21-19(25)17-9-16(18(24)22-10-15-7-8-29(27,28)13-15)12-23(20(17)26)11-14-5-3-2-4-6-14/h2-6,9,12,15H,7-8,10-11,13H2,1H3,(H,21,25)(H,22,24). The van der Waals surface area contributed by atoms with Gasteiger partial charge in [0.15, 0.2) is 9.84 Å². The zero-order chi connectivity index (χ0) is 21.0. The first-order chi connectivity index (χ1) is 13.8. The molecular formula is C20H23N3O5S. The van der Waals surface area contributed by atoms with Crippen molar-refractivity contribution in [1.29, 1.82) is 0 Å². The first kappa shape index (κ1) is 20.8. The van der Waals surface area contributed by atoms with Crippen molar-refractivity contribution in [1.82, 2.24) is 15.2 Å². The molecule has 154 valence electrons. The minimum absolute atomic E-state index is 0.0598. The van der Waals surface area contributed by atoms with Gasteiger partial charge >= 0.3 is 0 Å². The molecule has 0 spiro atoms. The minimum Gasteiger partial charge on any atom is -0.355 e. The monoisotopic (exact) mass is 417 g/mol. The number of nitrogens with one attached hydrogen (secondary N) is 2. The summed E-state index contributed by atoms with van der Waals surface area (Å²) in [6.07, 6.45) is 1.93. The Balaban J connectivity index is 1.85. The third-order valence-corrected chi connectivity index (χ3v) is 6.73. The summed E-state index contributed by atoms with van der Waals surface area (Å²) in [6.45, 7) is 0.441. The number of amides is 2. The second-order valence-electron chi connectivity index (χ2n) is 7.12.